The lowest BCUT2D eigenvalue weighted by atomic mass is 9.92. The highest BCUT2D eigenvalue weighted by Crippen LogP contribution is 2.41. The molecule has 8 heteroatoms. The number of nitrogens with one attached hydrogen (secondary N) is 1. The number of aromatic carboxylic acids is 1. The molecular weight excluding hydrogens is 440 g/mol. The standard InChI is InChI=1S/C26H19F2N3O3/c1-13(2)24-23(14-3-5-16(27)6-4-14)19-9-15-12-29-31-22(15)11-20(19)25(30-24)34-17-7-8-18(26(32)33)21(28)10-17/h3-13H,1-2H3,(H,29,31)(H,32,33). The van der Waals surface area contributed by atoms with E-state index in [1.807, 2.05) is 26.0 Å². The summed E-state index contributed by atoms with van der Waals surface area (Å²) in [5.41, 5.74) is 2.68. The van der Waals surface area contributed by atoms with E-state index in [9.17, 15) is 13.6 Å². The Morgan fingerprint density at radius 1 is 1.03 bits per heavy atom. The average molecular weight is 459 g/mol. The maximum atomic E-state index is 14.3. The highest BCUT2D eigenvalue weighted by atomic mass is 19.1. The van der Waals surface area contributed by atoms with Crippen molar-refractivity contribution in [3.63, 3.8) is 0 Å². The lowest BCUT2D eigenvalue weighted by Gasteiger charge is -2.19. The molecule has 0 atom stereocenters. The molecule has 5 rings (SSSR count). The Bertz CT molecular complexity index is 1560. The predicted octanol–water partition coefficient (Wildman–Crippen LogP) is 6.67. The van der Waals surface area contributed by atoms with Crippen LogP contribution in [0.5, 0.6) is 11.6 Å². The molecule has 34 heavy (non-hydrogen) atoms. The van der Waals surface area contributed by atoms with Gasteiger partial charge in [-0.3, -0.25) is 5.10 Å². The van der Waals surface area contributed by atoms with Crippen molar-refractivity contribution in [2.45, 2.75) is 19.8 Å². The van der Waals surface area contributed by atoms with E-state index < -0.39 is 17.3 Å². The summed E-state index contributed by atoms with van der Waals surface area (Å²) in [6.45, 7) is 3.98. The van der Waals surface area contributed by atoms with E-state index >= 15 is 0 Å². The van der Waals surface area contributed by atoms with Gasteiger partial charge in [0.15, 0.2) is 0 Å². The first-order valence-corrected chi connectivity index (χ1v) is 10.6. The van der Waals surface area contributed by atoms with Crippen LogP contribution in [-0.4, -0.2) is 26.3 Å². The molecule has 5 aromatic rings. The highest BCUT2D eigenvalue weighted by molar-refractivity contribution is 6.06. The molecule has 2 aromatic heterocycles. The lowest BCUT2D eigenvalue weighted by Crippen LogP contribution is -2.03. The molecule has 170 valence electrons. The van der Waals surface area contributed by atoms with Crippen LogP contribution >= 0.6 is 0 Å². The van der Waals surface area contributed by atoms with E-state index in [0.717, 1.165) is 45.2 Å². The summed E-state index contributed by atoms with van der Waals surface area (Å²) >= 11 is 0. The summed E-state index contributed by atoms with van der Waals surface area (Å²) in [6.07, 6.45) is 1.71. The van der Waals surface area contributed by atoms with Gasteiger partial charge < -0.3 is 9.84 Å². The summed E-state index contributed by atoms with van der Waals surface area (Å²) in [4.78, 5) is 15.9. The van der Waals surface area contributed by atoms with Crippen molar-refractivity contribution in [1.29, 1.82) is 0 Å². The monoisotopic (exact) mass is 459 g/mol. The fraction of sp³-hybridized carbons (Fsp3) is 0.115. The van der Waals surface area contributed by atoms with Gasteiger partial charge in [0.05, 0.1) is 23.0 Å². The van der Waals surface area contributed by atoms with Crippen molar-refractivity contribution < 1.29 is 23.4 Å². The molecule has 2 heterocycles. The van der Waals surface area contributed by atoms with Gasteiger partial charge in [-0.2, -0.15) is 5.10 Å². The van der Waals surface area contributed by atoms with Crippen LogP contribution in [0.25, 0.3) is 32.8 Å². The van der Waals surface area contributed by atoms with Crippen molar-refractivity contribution in [3.05, 3.63) is 83.7 Å². The number of pyridine rings is 1. The minimum Gasteiger partial charge on any atom is -0.478 e. The lowest BCUT2D eigenvalue weighted by molar-refractivity contribution is 0.0692. The molecule has 0 unspecified atom stereocenters. The van der Waals surface area contributed by atoms with Gasteiger partial charge in [-0.15, -0.1) is 0 Å². The number of carbonyl (C=O) groups is 1. The Labute approximate surface area is 192 Å². The van der Waals surface area contributed by atoms with Gasteiger partial charge in [0.1, 0.15) is 17.4 Å². The number of rotatable bonds is 5. The third kappa shape index (κ3) is 3.73. The topological polar surface area (TPSA) is 88.1 Å². The largest absolute Gasteiger partial charge is 0.478 e. The average Bonchev–Trinajstić information content (AvgIpc) is 3.25. The second-order valence-electron chi connectivity index (χ2n) is 8.24. The number of hydrogen-bond acceptors (Lipinski definition) is 4. The molecular formula is C26H19F2N3O3. The Morgan fingerprint density at radius 3 is 2.47 bits per heavy atom. The zero-order chi connectivity index (χ0) is 24.0. The predicted molar refractivity (Wildman–Crippen MR) is 124 cm³/mol. The second kappa shape index (κ2) is 8.22. The number of aromatic amines is 1. The number of fused-ring (bicyclic) bond motifs is 2. The first-order chi connectivity index (χ1) is 16.3. The van der Waals surface area contributed by atoms with E-state index in [2.05, 4.69) is 10.2 Å². The van der Waals surface area contributed by atoms with Gasteiger partial charge in [0.25, 0.3) is 0 Å². The summed E-state index contributed by atoms with van der Waals surface area (Å²) in [7, 11) is 0. The van der Waals surface area contributed by atoms with Crippen molar-refractivity contribution in [2.75, 3.05) is 0 Å². The minimum atomic E-state index is -1.36. The molecule has 0 aliphatic carbocycles. The van der Waals surface area contributed by atoms with Gasteiger partial charge in [-0.05, 0) is 53.3 Å². The summed E-state index contributed by atoms with van der Waals surface area (Å²) in [6, 6.07) is 13.6. The normalized spacial score (nSPS) is 11.4. The van der Waals surface area contributed by atoms with Crippen molar-refractivity contribution in [2.24, 2.45) is 0 Å². The molecule has 0 aliphatic rings. The van der Waals surface area contributed by atoms with Crippen LogP contribution in [0.1, 0.15) is 35.8 Å². The number of ether oxygens (including phenoxy) is 1. The van der Waals surface area contributed by atoms with E-state index in [1.165, 1.54) is 18.2 Å². The smallest absolute Gasteiger partial charge is 0.338 e. The minimum absolute atomic E-state index is 0.0158. The number of halogens is 2. The number of benzene rings is 3. The van der Waals surface area contributed by atoms with E-state index in [4.69, 9.17) is 14.8 Å². The van der Waals surface area contributed by atoms with Crippen LogP contribution in [0.2, 0.25) is 0 Å². The van der Waals surface area contributed by atoms with Gasteiger partial charge in [0.2, 0.25) is 5.88 Å². The van der Waals surface area contributed by atoms with Crippen LogP contribution in [-0.2, 0) is 0 Å². The van der Waals surface area contributed by atoms with E-state index in [-0.39, 0.29) is 23.4 Å². The zero-order valence-electron chi connectivity index (χ0n) is 18.3. The van der Waals surface area contributed by atoms with Gasteiger partial charge in [-0.25, -0.2) is 18.6 Å². The Balaban J connectivity index is 1.77. The maximum Gasteiger partial charge on any atom is 0.338 e. The molecule has 3 aromatic carbocycles. The van der Waals surface area contributed by atoms with Crippen molar-refractivity contribution in [1.82, 2.24) is 15.2 Å². The Kier molecular flexibility index (Phi) is 5.20. The fourth-order valence-corrected chi connectivity index (χ4v) is 4.00. The molecule has 0 saturated carbocycles. The number of hydrogen-bond donors (Lipinski definition) is 2. The SMILES string of the molecule is CC(C)c1nc(Oc2ccc(C(=O)O)c(F)c2)c2cc3[nH]ncc3cc2c1-c1ccc(F)cc1. The van der Waals surface area contributed by atoms with E-state index in [1.54, 1.807) is 18.3 Å². The highest BCUT2D eigenvalue weighted by Gasteiger charge is 2.21. The maximum absolute atomic E-state index is 14.3. The number of nitrogens with zero attached hydrogens (tertiary/aromatic N) is 2. The molecule has 0 fully saturated rings. The number of H-pyrrole nitrogens is 1. The number of aromatic nitrogens is 3. The molecule has 0 amide bonds. The van der Waals surface area contributed by atoms with Crippen molar-refractivity contribution >= 4 is 27.6 Å². The quantitative estimate of drug-likeness (QED) is 0.306. The molecule has 0 saturated heterocycles. The van der Waals surface area contributed by atoms with E-state index in [0.29, 0.717) is 5.39 Å². The first-order valence-electron chi connectivity index (χ1n) is 10.6. The summed E-state index contributed by atoms with van der Waals surface area (Å²) in [5.74, 6) is -2.26. The molecule has 6 nitrogen and oxygen atoms in total. The van der Waals surface area contributed by atoms with Gasteiger partial charge >= 0.3 is 5.97 Å². The molecule has 0 bridgehead atoms. The van der Waals surface area contributed by atoms with Crippen LogP contribution in [0, 0.1) is 11.6 Å². The van der Waals surface area contributed by atoms with Crippen LogP contribution < -0.4 is 4.74 Å². The van der Waals surface area contributed by atoms with Crippen LogP contribution in [0.15, 0.2) is 60.8 Å². The molecule has 0 radical (unpaired) electrons. The third-order valence-electron chi connectivity index (χ3n) is 5.62. The van der Waals surface area contributed by atoms with Crippen LogP contribution in [0.3, 0.4) is 0 Å². The summed E-state index contributed by atoms with van der Waals surface area (Å²) in [5, 5.41) is 18.5. The number of carboxylic acids is 1. The molecule has 0 aliphatic heterocycles. The molecule has 0 spiro atoms. The molecule has 2 N–H and O–H groups in total. The van der Waals surface area contributed by atoms with Crippen molar-refractivity contribution in [3.8, 4) is 22.8 Å². The van der Waals surface area contributed by atoms with Gasteiger partial charge in [0, 0.05) is 22.4 Å². The Morgan fingerprint density at radius 2 is 1.79 bits per heavy atom. The van der Waals surface area contributed by atoms with Gasteiger partial charge in [-0.1, -0.05) is 26.0 Å². The second-order valence-corrected chi connectivity index (χ2v) is 8.24. The zero-order valence-corrected chi connectivity index (χ0v) is 18.3. The summed E-state index contributed by atoms with van der Waals surface area (Å²) < 4.78 is 33.9. The fourth-order valence-electron chi connectivity index (χ4n) is 4.00. The van der Waals surface area contributed by atoms with Crippen LogP contribution in [0.4, 0.5) is 8.78 Å². The number of carboxylic acid groups (broad SMARTS) is 1. The first kappa shape index (κ1) is 21.5. The third-order valence-corrected chi connectivity index (χ3v) is 5.62. The Hall–Kier alpha value is -4.33.